The molecule has 0 fully saturated rings. The predicted molar refractivity (Wildman–Crippen MR) is 65.0 cm³/mol. The Bertz CT molecular complexity index is 414. The van der Waals surface area contributed by atoms with Crippen LogP contribution >= 0.6 is 0 Å². The third-order valence-corrected chi connectivity index (χ3v) is 2.71. The lowest BCUT2D eigenvalue weighted by atomic mass is 9.83. The molecule has 1 unspecified atom stereocenters. The van der Waals surface area contributed by atoms with Gasteiger partial charge in [0.1, 0.15) is 5.82 Å². The highest BCUT2D eigenvalue weighted by molar-refractivity contribution is 5.79. The van der Waals surface area contributed by atoms with Crippen LogP contribution in [0.15, 0.2) is 36.9 Å². The van der Waals surface area contributed by atoms with Crippen LogP contribution in [-0.4, -0.2) is 12.6 Å². The van der Waals surface area contributed by atoms with Crippen LogP contribution in [0.2, 0.25) is 0 Å². The molecule has 0 N–H and O–H groups in total. The maximum Gasteiger partial charge on any atom is 0.315 e. The van der Waals surface area contributed by atoms with Gasteiger partial charge in [-0.2, -0.15) is 0 Å². The second kappa shape index (κ2) is 5.62. The van der Waals surface area contributed by atoms with Crippen molar-refractivity contribution in [2.75, 3.05) is 6.61 Å². The molecule has 0 saturated carbocycles. The van der Waals surface area contributed by atoms with E-state index in [-0.39, 0.29) is 18.2 Å². The van der Waals surface area contributed by atoms with Crippen molar-refractivity contribution in [3.05, 3.63) is 48.3 Å². The van der Waals surface area contributed by atoms with Gasteiger partial charge in [0.2, 0.25) is 0 Å². The molecule has 0 aromatic heterocycles. The summed E-state index contributed by atoms with van der Waals surface area (Å²) in [5.41, 5.74) is -0.402. The number of halogens is 1. The first-order valence-electron chi connectivity index (χ1n) is 5.57. The molecular formula is C14H17FO2. The van der Waals surface area contributed by atoms with Crippen LogP contribution in [-0.2, 0) is 16.0 Å². The van der Waals surface area contributed by atoms with Crippen LogP contribution in [0.25, 0.3) is 0 Å². The number of hydrogen-bond donors (Lipinski definition) is 0. The van der Waals surface area contributed by atoms with E-state index in [1.165, 1.54) is 12.1 Å². The number of ether oxygens (including phenoxy) is 1. The number of carbonyl (C=O) groups is 1. The number of hydrogen-bond acceptors (Lipinski definition) is 2. The van der Waals surface area contributed by atoms with Crippen LogP contribution in [0.1, 0.15) is 19.4 Å². The molecule has 0 radical (unpaired) electrons. The Morgan fingerprint density at radius 1 is 1.53 bits per heavy atom. The van der Waals surface area contributed by atoms with E-state index >= 15 is 0 Å². The zero-order valence-electron chi connectivity index (χ0n) is 10.2. The van der Waals surface area contributed by atoms with Crippen molar-refractivity contribution in [2.24, 2.45) is 5.41 Å². The number of benzene rings is 1. The summed E-state index contributed by atoms with van der Waals surface area (Å²) in [6.45, 7) is 7.38. The van der Waals surface area contributed by atoms with Gasteiger partial charge < -0.3 is 4.74 Å². The van der Waals surface area contributed by atoms with E-state index < -0.39 is 5.41 Å². The fourth-order valence-corrected chi connectivity index (χ4v) is 1.56. The van der Waals surface area contributed by atoms with E-state index in [0.29, 0.717) is 12.2 Å². The monoisotopic (exact) mass is 236 g/mol. The third-order valence-electron chi connectivity index (χ3n) is 2.71. The highest BCUT2D eigenvalue weighted by Crippen LogP contribution is 2.26. The molecule has 0 aliphatic rings. The molecule has 0 amide bonds. The summed E-state index contributed by atoms with van der Waals surface area (Å²) >= 11 is 0. The largest absolute Gasteiger partial charge is 0.465 e. The fraction of sp³-hybridized carbons (Fsp3) is 0.357. The zero-order chi connectivity index (χ0) is 12.9. The minimum absolute atomic E-state index is 0.252. The summed E-state index contributed by atoms with van der Waals surface area (Å²) in [6.07, 6.45) is 1.76. The van der Waals surface area contributed by atoms with Crippen molar-refractivity contribution in [2.45, 2.75) is 20.3 Å². The standard InChI is InChI=1S/C14H17FO2/c1-4-14(3,13(16)17-5-2)10-11-8-6-7-9-12(11)15/h4,6-9H,1,5,10H2,2-3H3. The fourth-order valence-electron chi connectivity index (χ4n) is 1.56. The average molecular weight is 236 g/mol. The quantitative estimate of drug-likeness (QED) is 0.580. The smallest absolute Gasteiger partial charge is 0.315 e. The highest BCUT2D eigenvalue weighted by Gasteiger charge is 2.32. The molecule has 1 aromatic carbocycles. The van der Waals surface area contributed by atoms with Gasteiger partial charge in [0.25, 0.3) is 0 Å². The van der Waals surface area contributed by atoms with Gasteiger partial charge in [-0.05, 0) is 31.9 Å². The van der Waals surface area contributed by atoms with E-state index in [0.717, 1.165) is 0 Å². The van der Waals surface area contributed by atoms with E-state index in [1.807, 2.05) is 0 Å². The summed E-state index contributed by atoms with van der Waals surface area (Å²) in [5, 5.41) is 0. The van der Waals surface area contributed by atoms with E-state index in [2.05, 4.69) is 6.58 Å². The molecule has 0 aliphatic heterocycles. The van der Waals surface area contributed by atoms with Gasteiger partial charge >= 0.3 is 5.97 Å². The maximum absolute atomic E-state index is 13.5. The lowest BCUT2D eigenvalue weighted by Gasteiger charge is -2.23. The minimum Gasteiger partial charge on any atom is -0.465 e. The van der Waals surface area contributed by atoms with Crippen molar-refractivity contribution in [1.82, 2.24) is 0 Å². The summed E-state index contributed by atoms with van der Waals surface area (Å²) in [6, 6.07) is 6.40. The van der Waals surface area contributed by atoms with Crippen LogP contribution in [0.5, 0.6) is 0 Å². The highest BCUT2D eigenvalue weighted by atomic mass is 19.1. The van der Waals surface area contributed by atoms with Crippen molar-refractivity contribution < 1.29 is 13.9 Å². The molecule has 0 heterocycles. The van der Waals surface area contributed by atoms with Gasteiger partial charge in [-0.3, -0.25) is 4.79 Å². The van der Waals surface area contributed by atoms with Gasteiger partial charge in [-0.25, -0.2) is 4.39 Å². The molecule has 0 spiro atoms. The summed E-state index contributed by atoms with van der Waals surface area (Å²) in [4.78, 5) is 11.8. The van der Waals surface area contributed by atoms with Crippen LogP contribution in [0, 0.1) is 11.2 Å². The molecule has 17 heavy (non-hydrogen) atoms. The lowest BCUT2D eigenvalue weighted by molar-refractivity contribution is -0.151. The van der Waals surface area contributed by atoms with Gasteiger partial charge in [0.15, 0.2) is 0 Å². The molecule has 0 aliphatic carbocycles. The van der Waals surface area contributed by atoms with Crippen LogP contribution < -0.4 is 0 Å². The minimum atomic E-state index is -0.891. The topological polar surface area (TPSA) is 26.3 Å². The third kappa shape index (κ3) is 3.16. The van der Waals surface area contributed by atoms with Crippen LogP contribution in [0.3, 0.4) is 0 Å². The molecule has 1 rings (SSSR count). The Morgan fingerprint density at radius 3 is 2.71 bits per heavy atom. The Labute approximate surface area is 101 Å². The van der Waals surface area contributed by atoms with Crippen molar-refractivity contribution in [1.29, 1.82) is 0 Å². The predicted octanol–water partition coefficient (Wildman–Crippen LogP) is 3.12. The zero-order valence-corrected chi connectivity index (χ0v) is 10.2. The maximum atomic E-state index is 13.5. The van der Waals surface area contributed by atoms with E-state index in [4.69, 9.17) is 4.74 Å². The first kappa shape index (κ1) is 13.4. The summed E-state index contributed by atoms with van der Waals surface area (Å²) < 4.78 is 18.5. The Kier molecular flexibility index (Phi) is 4.44. The molecular weight excluding hydrogens is 219 g/mol. The van der Waals surface area contributed by atoms with Gasteiger partial charge in [0, 0.05) is 0 Å². The first-order chi connectivity index (χ1) is 8.03. The van der Waals surface area contributed by atoms with Crippen LogP contribution in [0.4, 0.5) is 4.39 Å². The lowest BCUT2D eigenvalue weighted by Crippen LogP contribution is -2.30. The molecule has 3 heteroatoms. The van der Waals surface area contributed by atoms with Crippen molar-refractivity contribution >= 4 is 5.97 Å². The molecule has 1 atom stereocenters. The summed E-state index contributed by atoms with van der Waals surface area (Å²) in [7, 11) is 0. The molecule has 1 aromatic rings. The van der Waals surface area contributed by atoms with E-state index in [1.54, 1.807) is 32.0 Å². The van der Waals surface area contributed by atoms with Crippen molar-refractivity contribution in [3.8, 4) is 0 Å². The second-order valence-corrected chi connectivity index (χ2v) is 4.11. The SMILES string of the molecule is C=CC(C)(Cc1ccccc1F)C(=O)OCC. The molecule has 0 saturated heterocycles. The number of esters is 1. The van der Waals surface area contributed by atoms with Crippen molar-refractivity contribution in [3.63, 3.8) is 0 Å². The Hall–Kier alpha value is -1.64. The first-order valence-corrected chi connectivity index (χ1v) is 5.57. The van der Waals surface area contributed by atoms with E-state index in [9.17, 15) is 9.18 Å². The van der Waals surface area contributed by atoms with Gasteiger partial charge in [-0.1, -0.05) is 24.3 Å². The Balaban J connectivity index is 2.93. The van der Waals surface area contributed by atoms with Gasteiger partial charge in [-0.15, -0.1) is 6.58 Å². The van der Waals surface area contributed by atoms with Gasteiger partial charge in [0.05, 0.1) is 12.0 Å². The second-order valence-electron chi connectivity index (χ2n) is 4.11. The normalized spacial score (nSPS) is 13.8. The molecule has 92 valence electrons. The molecule has 2 nitrogen and oxygen atoms in total. The number of rotatable bonds is 5. The Morgan fingerprint density at radius 2 is 2.18 bits per heavy atom. The number of carbonyl (C=O) groups excluding carboxylic acids is 1. The average Bonchev–Trinajstić information content (AvgIpc) is 2.32. The summed E-state index contributed by atoms with van der Waals surface area (Å²) in [5.74, 6) is -0.692. The molecule has 0 bridgehead atoms.